The number of hydrogen-bond donors (Lipinski definition) is 0. The van der Waals surface area contributed by atoms with Crippen molar-refractivity contribution in [1.29, 1.82) is 5.26 Å². The van der Waals surface area contributed by atoms with Crippen LogP contribution in [-0.4, -0.2) is 15.6 Å². The van der Waals surface area contributed by atoms with E-state index >= 15 is 0 Å². The Hall–Kier alpha value is -2.81. The lowest BCUT2D eigenvalue weighted by molar-refractivity contribution is -0.385. The maximum atomic E-state index is 11.3. The van der Waals surface area contributed by atoms with E-state index in [1.807, 2.05) is 6.07 Å². The van der Waals surface area contributed by atoms with Gasteiger partial charge in [0.1, 0.15) is 17.5 Å². The van der Waals surface area contributed by atoms with Crippen molar-refractivity contribution in [2.24, 2.45) is 0 Å². The molecule has 0 unspecified atom stereocenters. The van der Waals surface area contributed by atoms with E-state index in [-0.39, 0.29) is 17.5 Å². The van der Waals surface area contributed by atoms with Gasteiger partial charge in [-0.05, 0) is 38.1 Å². The summed E-state index contributed by atoms with van der Waals surface area (Å²) in [5, 5.41) is 20.4. The Morgan fingerprint density at radius 2 is 2.10 bits per heavy atom. The molecular formula is C14H13N3O3. The monoisotopic (exact) mass is 271 g/mol. The Balaban J connectivity index is 2.65. The Morgan fingerprint density at radius 3 is 2.70 bits per heavy atom. The Labute approximate surface area is 116 Å². The average molecular weight is 271 g/mol. The number of rotatable bonds is 4. The van der Waals surface area contributed by atoms with Crippen molar-refractivity contribution < 1.29 is 9.66 Å². The predicted molar refractivity (Wildman–Crippen MR) is 72.9 cm³/mol. The van der Waals surface area contributed by atoms with Gasteiger partial charge in [0.25, 0.3) is 0 Å². The highest BCUT2D eigenvalue weighted by atomic mass is 16.6. The van der Waals surface area contributed by atoms with E-state index in [0.29, 0.717) is 11.4 Å². The highest BCUT2D eigenvalue weighted by Crippen LogP contribution is 2.34. The summed E-state index contributed by atoms with van der Waals surface area (Å²) in [6.45, 7) is 3.60. The summed E-state index contributed by atoms with van der Waals surface area (Å²) in [5.41, 5.74) is 0.499. The first-order valence-electron chi connectivity index (χ1n) is 6.06. The molecule has 2 aromatic rings. The lowest BCUT2D eigenvalue weighted by Crippen LogP contribution is -2.09. The summed E-state index contributed by atoms with van der Waals surface area (Å²) in [6, 6.07) is 10.1. The van der Waals surface area contributed by atoms with Crippen LogP contribution in [0.5, 0.6) is 5.75 Å². The minimum atomic E-state index is -0.492. The standard InChI is InChI=1S/C14H13N3O3/c1-10(2)20-13-7-3-6-12(14(13)17(18)19)16-8-4-5-11(16)9-15/h3-8,10H,1-2H3. The van der Waals surface area contributed by atoms with Gasteiger partial charge in [-0.1, -0.05) is 6.07 Å². The van der Waals surface area contributed by atoms with Crippen LogP contribution in [0.2, 0.25) is 0 Å². The molecule has 1 aromatic carbocycles. The molecule has 2 rings (SSSR count). The molecule has 0 aliphatic carbocycles. The molecule has 0 aliphatic heterocycles. The first-order chi connectivity index (χ1) is 9.54. The van der Waals surface area contributed by atoms with Gasteiger partial charge < -0.3 is 9.30 Å². The van der Waals surface area contributed by atoms with Crippen LogP contribution in [-0.2, 0) is 0 Å². The number of benzene rings is 1. The van der Waals surface area contributed by atoms with Gasteiger partial charge in [-0.2, -0.15) is 5.26 Å². The van der Waals surface area contributed by atoms with Crippen molar-refractivity contribution in [3.8, 4) is 17.5 Å². The highest BCUT2D eigenvalue weighted by Gasteiger charge is 2.23. The van der Waals surface area contributed by atoms with E-state index in [1.165, 1.54) is 4.57 Å². The second-order valence-corrected chi connectivity index (χ2v) is 4.42. The molecule has 0 saturated heterocycles. The zero-order valence-corrected chi connectivity index (χ0v) is 11.1. The first kappa shape index (κ1) is 13.6. The van der Waals surface area contributed by atoms with Gasteiger partial charge in [-0.15, -0.1) is 0 Å². The van der Waals surface area contributed by atoms with E-state index in [2.05, 4.69) is 0 Å². The summed E-state index contributed by atoms with van der Waals surface area (Å²) in [7, 11) is 0. The topological polar surface area (TPSA) is 81.1 Å². The number of hydrogen-bond acceptors (Lipinski definition) is 4. The SMILES string of the molecule is CC(C)Oc1cccc(-n2cccc2C#N)c1[N+](=O)[O-]. The first-order valence-corrected chi connectivity index (χ1v) is 6.06. The lowest BCUT2D eigenvalue weighted by atomic mass is 10.2. The number of para-hydroxylation sites is 1. The molecule has 0 spiro atoms. The van der Waals surface area contributed by atoms with Gasteiger partial charge in [-0.25, -0.2) is 0 Å². The summed E-state index contributed by atoms with van der Waals surface area (Å²) in [5.74, 6) is 0.195. The zero-order chi connectivity index (χ0) is 14.7. The molecule has 0 amide bonds. The second-order valence-electron chi connectivity index (χ2n) is 4.42. The third-order valence-corrected chi connectivity index (χ3v) is 2.65. The van der Waals surface area contributed by atoms with Gasteiger partial charge in [-0.3, -0.25) is 10.1 Å². The third-order valence-electron chi connectivity index (χ3n) is 2.65. The fourth-order valence-corrected chi connectivity index (χ4v) is 1.92. The Kier molecular flexibility index (Phi) is 3.71. The quantitative estimate of drug-likeness (QED) is 0.632. The van der Waals surface area contributed by atoms with Crippen molar-refractivity contribution in [2.45, 2.75) is 20.0 Å². The molecule has 0 N–H and O–H groups in total. The summed E-state index contributed by atoms with van der Waals surface area (Å²) >= 11 is 0. The van der Waals surface area contributed by atoms with Crippen molar-refractivity contribution in [1.82, 2.24) is 4.57 Å². The molecule has 0 aliphatic rings. The van der Waals surface area contributed by atoms with Crippen molar-refractivity contribution in [2.75, 3.05) is 0 Å². The van der Waals surface area contributed by atoms with Crippen molar-refractivity contribution in [3.63, 3.8) is 0 Å². The van der Waals surface area contributed by atoms with Crippen LogP contribution in [0.1, 0.15) is 19.5 Å². The number of nitro benzene ring substituents is 1. The fraction of sp³-hybridized carbons (Fsp3) is 0.214. The molecule has 0 fully saturated rings. The number of nitro groups is 1. The average Bonchev–Trinajstić information content (AvgIpc) is 2.85. The molecule has 6 heteroatoms. The Morgan fingerprint density at radius 1 is 1.35 bits per heavy atom. The smallest absolute Gasteiger partial charge is 0.334 e. The normalized spacial score (nSPS) is 10.3. The highest BCUT2D eigenvalue weighted by molar-refractivity contribution is 5.62. The molecule has 0 bridgehead atoms. The lowest BCUT2D eigenvalue weighted by Gasteiger charge is -2.13. The van der Waals surface area contributed by atoms with Crippen LogP contribution in [0.3, 0.4) is 0 Å². The largest absolute Gasteiger partial charge is 0.484 e. The van der Waals surface area contributed by atoms with E-state index in [0.717, 1.165) is 0 Å². The van der Waals surface area contributed by atoms with Gasteiger partial charge in [0.2, 0.25) is 0 Å². The predicted octanol–water partition coefficient (Wildman–Crippen LogP) is 3.04. The van der Waals surface area contributed by atoms with Crippen LogP contribution < -0.4 is 4.74 Å². The van der Waals surface area contributed by atoms with E-state index in [1.54, 1.807) is 50.4 Å². The number of nitriles is 1. The third kappa shape index (κ3) is 2.47. The number of ether oxygens (including phenoxy) is 1. The molecule has 1 heterocycles. The van der Waals surface area contributed by atoms with E-state index < -0.39 is 4.92 Å². The number of aromatic nitrogens is 1. The molecule has 0 saturated carbocycles. The molecule has 20 heavy (non-hydrogen) atoms. The van der Waals surface area contributed by atoms with E-state index in [9.17, 15) is 10.1 Å². The maximum absolute atomic E-state index is 11.3. The van der Waals surface area contributed by atoms with Gasteiger partial charge >= 0.3 is 5.69 Å². The zero-order valence-electron chi connectivity index (χ0n) is 11.1. The van der Waals surface area contributed by atoms with Gasteiger partial charge in [0.05, 0.1) is 11.0 Å². The van der Waals surface area contributed by atoms with Crippen LogP contribution in [0.4, 0.5) is 5.69 Å². The van der Waals surface area contributed by atoms with Crippen LogP contribution in [0, 0.1) is 21.4 Å². The molecule has 6 nitrogen and oxygen atoms in total. The minimum Gasteiger partial charge on any atom is -0.484 e. The molecule has 1 aromatic heterocycles. The molecule has 102 valence electrons. The summed E-state index contributed by atoms with van der Waals surface area (Å²) in [6.07, 6.45) is 1.43. The van der Waals surface area contributed by atoms with E-state index in [4.69, 9.17) is 10.00 Å². The molecular weight excluding hydrogens is 258 g/mol. The Bertz CT molecular complexity index is 683. The second kappa shape index (κ2) is 5.45. The number of nitrogens with zero attached hydrogens (tertiary/aromatic N) is 3. The van der Waals surface area contributed by atoms with Crippen molar-refractivity contribution in [3.05, 3.63) is 52.3 Å². The van der Waals surface area contributed by atoms with Gasteiger partial charge in [0, 0.05) is 6.20 Å². The van der Waals surface area contributed by atoms with Gasteiger partial charge in [0.15, 0.2) is 5.75 Å². The molecule has 0 atom stereocenters. The molecule has 0 radical (unpaired) electrons. The van der Waals surface area contributed by atoms with Crippen molar-refractivity contribution >= 4 is 5.69 Å². The maximum Gasteiger partial charge on any atom is 0.334 e. The fourth-order valence-electron chi connectivity index (χ4n) is 1.92. The van der Waals surface area contributed by atoms with Crippen LogP contribution in [0.25, 0.3) is 5.69 Å². The summed E-state index contributed by atoms with van der Waals surface area (Å²) < 4.78 is 6.96. The van der Waals surface area contributed by atoms with Crippen LogP contribution >= 0.6 is 0 Å². The minimum absolute atomic E-state index is 0.145. The van der Waals surface area contributed by atoms with Crippen LogP contribution in [0.15, 0.2) is 36.5 Å². The summed E-state index contributed by atoms with van der Waals surface area (Å²) in [4.78, 5) is 10.9.